The molecule has 126 valence electrons. The predicted molar refractivity (Wildman–Crippen MR) is 88.8 cm³/mol. The van der Waals surface area contributed by atoms with Crippen molar-refractivity contribution in [2.45, 2.75) is 71.4 Å². The van der Waals surface area contributed by atoms with Crippen molar-refractivity contribution in [3.8, 4) is 0 Å². The Morgan fingerprint density at radius 1 is 1.22 bits per heavy atom. The molecular weight excluding hydrogens is 288 g/mol. The fourth-order valence-electron chi connectivity index (χ4n) is 7.39. The van der Waals surface area contributed by atoms with Gasteiger partial charge in [-0.15, -0.1) is 0 Å². The molecule has 2 unspecified atom stereocenters. The minimum absolute atomic E-state index is 0.120. The first-order valence-electron chi connectivity index (χ1n) is 8.71. The second-order valence-corrected chi connectivity index (χ2v) is 9.58. The first-order valence-corrected chi connectivity index (χ1v) is 8.71. The lowest BCUT2D eigenvalue weighted by Gasteiger charge is -2.69. The summed E-state index contributed by atoms with van der Waals surface area (Å²) in [7, 11) is 0. The Morgan fingerprint density at radius 2 is 1.87 bits per heavy atom. The van der Waals surface area contributed by atoms with Crippen molar-refractivity contribution in [1.82, 2.24) is 15.1 Å². The smallest absolute Gasteiger partial charge is 0.312 e. The minimum atomic E-state index is -0.371. The molecule has 0 saturated heterocycles. The van der Waals surface area contributed by atoms with Crippen LogP contribution >= 0.6 is 0 Å². The summed E-state index contributed by atoms with van der Waals surface area (Å²) in [6.07, 6.45) is 8.79. The maximum Gasteiger partial charge on any atom is 0.312 e. The van der Waals surface area contributed by atoms with E-state index in [1.165, 1.54) is 25.0 Å². The Morgan fingerprint density at radius 3 is 2.39 bits per heavy atom. The molecule has 1 aromatic rings. The van der Waals surface area contributed by atoms with Crippen LogP contribution < -0.4 is 11.1 Å². The number of aryl methyl sites for hydroxylation is 1. The zero-order valence-electron chi connectivity index (χ0n) is 14.5. The Bertz CT molecular complexity index is 646. The third-order valence-electron chi connectivity index (χ3n) is 6.50. The number of nitrogens with zero attached hydrogens (tertiary/aromatic N) is 2. The highest BCUT2D eigenvalue weighted by Crippen LogP contribution is 2.71. The van der Waals surface area contributed by atoms with E-state index in [2.05, 4.69) is 41.9 Å². The fraction of sp³-hybridized carbons (Fsp3) is 0.778. The van der Waals surface area contributed by atoms with Crippen molar-refractivity contribution in [3.05, 3.63) is 18.0 Å². The lowest BCUT2D eigenvalue weighted by atomic mass is 9.38. The molecule has 23 heavy (non-hydrogen) atoms. The molecule has 0 aliphatic heterocycles. The monoisotopic (exact) mass is 316 g/mol. The quantitative estimate of drug-likeness (QED) is 0.899. The number of nitrogens with two attached hydrogens (primary N) is 1. The maximum absolute atomic E-state index is 11.7. The molecule has 1 heterocycles. The van der Waals surface area contributed by atoms with E-state index in [1.54, 1.807) is 0 Å². The topological polar surface area (TPSA) is 72.9 Å². The van der Waals surface area contributed by atoms with Crippen LogP contribution in [0.2, 0.25) is 0 Å². The molecule has 4 fully saturated rings. The lowest BCUT2D eigenvalue weighted by molar-refractivity contribution is -0.167. The molecule has 5 heteroatoms. The molecule has 2 atom stereocenters. The van der Waals surface area contributed by atoms with Crippen molar-refractivity contribution >= 4 is 6.03 Å². The highest BCUT2D eigenvalue weighted by molar-refractivity contribution is 5.72. The van der Waals surface area contributed by atoms with Gasteiger partial charge in [0.05, 0.1) is 0 Å². The Balaban J connectivity index is 1.73. The van der Waals surface area contributed by atoms with Crippen LogP contribution in [0.5, 0.6) is 0 Å². The minimum Gasteiger partial charge on any atom is -0.352 e. The fourth-order valence-corrected chi connectivity index (χ4v) is 7.39. The average Bonchev–Trinajstić information content (AvgIpc) is 2.67. The van der Waals surface area contributed by atoms with Gasteiger partial charge >= 0.3 is 6.03 Å². The summed E-state index contributed by atoms with van der Waals surface area (Å²) in [5, 5.41) is 7.69. The standard InChI is InChI=1S/C18H28N4O/c1-13-4-5-20-22(13)12-17-7-15(2)6-16(3,8-17)10-18(9-15,11-17)21-14(19)23/h4-5H,6-12H2,1-3H3,(H3,19,21,23). The average molecular weight is 316 g/mol. The van der Waals surface area contributed by atoms with E-state index < -0.39 is 0 Å². The second-order valence-electron chi connectivity index (χ2n) is 9.58. The van der Waals surface area contributed by atoms with E-state index in [-0.39, 0.29) is 17.0 Å². The van der Waals surface area contributed by atoms with Crippen LogP contribution in [0.15, 0.2) is 12.3 Å². The second kappa shape index (κ2) is 4.31. The molecule has 3 N–H and O–H groups in total. The Hall–Kier alpha value is -1.52. The summed E-state index contributed by atoms with van der Waals surface area (Å²) >= 11 is 0. The molecule has 4 aliphatic carbocycles. The first-order chi connectivity index (χ1) is 10.6. The van der Waals surface area contributed by atoms with Gasteiger partial charge in [0.2, 0.25) is 0 Å². The number of primary amides is 1. The van der Waals surface area contributed by atoms with Gasteiger partial charge < -0.3 is 11.1 Å². The van der Waals surface area contributed by atoms with Crippen LogP contribution in [-0.4, -0.2) is 21.4 Å². The lowest BCUT2D eigenvalue weighted by Crippen LogP contribution is -2.69. The van der Waals surface area contributed by atoms with Gasteiger partial charge in [0.15, 0.2) is 0 Å². The summed E-state index contributed by atoms with van der Waals surface area (Å²) < 4.78 is 2.15. The molecule has 0 aromatic carbocycles. The normalized spacial score (nSPS) is 44.5. The zero-order chi connectivity index (χ0) is 16.5. The SMILES string of the molecule is Cc1ccnn1CC12CC3(C)CC(C)(C1)CC(NC(N)=O)(C3)C2. The molecular formula is C18H28N4O. The molecule has 5 rings (SSSR count). The third kappa shape index (κ3) is 2.36. The van der Waals surface area contributed by atoms with E-state index in [4.69, 9.17) is 5.73 Å². The summed E-state index contributed by atoms with van der Waals surface area (Å²) in [5.41, 5.74) is 7.45. The van der Waals surface area contributed by atoms with Crippen molar-refractivity contribution in [2.24, 2.45) is 22.0 Å². The van der Waals surface area contributed by atoms with E-state index >= 15 is 0 Å². The number of rotatable bonds is 3. The van der Waals surface area contributed by atoms with E-state index in [9.17, 15) is 4.79 Å². The number of carbonyl (C=O) groups excluding carboxylic acids is 1. The summed E-state index contributed by atoms with van der Waals surface area (Å²) in [6.45, 7) is 7.89. The van der Waals surface area contributed by atoms with Gasteiger partial charge in [-0.05, 0) is 67.8 Å². The van der Waals surface area contributed by atoms with E-state index in [1.807, 2.05) is 6.20 Å². The molecule has 4 bridgehead atoms. The molecule has 5 nitrogen and oxygen atoms in total. The number of carbonyl (C=O) groups is 1. The molecule has 1 aromatic heterocycles. The van der Waals surface area contributed by atoms with Crippen LogP contribution in [0.1, 0.15) is 58.1 Å². The predicted octanol–water partition coefficient (Wildman–Crippen LogP) is 2.98. The molecule has 4 aliphatic rings. The van der Waals surface area contributed by atoms with Gasteiger partial charge in [-0.3, -0.25) is 4.68 Å². The number of amides is 2. The zero-order valence-corrected chi connectivity index (χ0v) is 14.5. The van der Waals surface area contributed by atoms with Crippen LogP contribution in [0, 0.1) is 23.2 Å². The van der Waals surface area contributed by atoms with Crippen molar-refractivity contribution in [3.63, 3.8) is 0 Å². The van der Waals surface area contributed by atoms with Gasteiger partial charge in [0, 0.05) is 24.0 Å². The summed E-state index contributed by atoms with van der Waals surface area (Å²) in [5.74, 6) is 0. The first kappa shape index (κ1) is 15.0. The third-order valence-corrected chi connectivity index (χ3v) is 6.50. The van der Waals surface area contributed by atoms with Gasteiger partial charge in [-0.1, -0.05) is 13.8 Å². The van der Waals surface area contributed by atoms with Crippen molar-refractivity contribution in [2.75, 3.05) is 0 Å². The van der Waals surface area contributed by atoms with Crippen LogP contribution in [-0.2, 0) is 6.54 Å². The van der Waals surface area contributed by atoms with Crippen LogP contribution in [0.3, 0.4) is 0 Å². The van der Waals surface area contributed by atoms with E-state index in [0.717, 1.165) is 25.8 Å². The van der Waals surface area contributed by atoms with E-state index in [0.29, 0.717) is 10.8 Å². The highest BCUT2D eigenvalue weighted by atomic mass is 16.2. The number of hydrogen-bond acceptors (Lipinski definition) is 2. The van der Waals surface area contributed by atoms with Gasteiger partial charge in [0.1, 0.15) is 0 Å². The largest absolute Gasteiger partial charge is 0.352 e. The van der Waals surface area contributed by atoms with Crippen molar-refractivity contribution in [1.29, 1.82) is 0 Å². The molecule has 0 radical (unpaired) electrons. The number of hydrogen-bond donors (Lipinski definition) is 2. The Kier molecular flexibility index (Phi) is 2.82. The highest BCUT2D eigenvalue weighted by Gasteiger charge is 2.65. The van der Waals surface area contributed by atoms with Gasteiger partial charge in [0.25, 0.3) is 0 Å². The number of urea groups is 1. The molecule has 4 saturated carbocycles. The number of aromatic nitrogens is 2. The van der Waals surface area contributed by atoms with Crippen LogP contribution in [0.4, 0.5) is 4.79 Å². The molecule has 2 amide bonds. The van der Waals surface area contributed by atoms with Crippen molar-refractivity contribution < 1.29 is 4.79 Å². The van der Waals surface area contributed by atoms with Crippen LogP contribution in [0.25, 0.3) is 0 Å². The molecule has 0 spiro atoms. The van der Waals surface area contributed by atoms with Gasteiger partial charge in [-0.2, -0.15) is 5.10 Å². The number of nitrogens with one attached hydrogen (secondary N) is 1. The summed E-state index contributed by atoms with van der Waals surface area (Å²) in [4.78, 5) is 11.7. The summed E-state index contributed by atoms with van der Waals surface area (Å²) in [6, 6.07) is 1.70. The Labute approximate surface area is 138 Å². The maximum atomic E-state index is 11.7. The van der Waals surface area contributed by atoms with Gasteiger partial charge in [-0.25, -0.2) is 4.79 Å².